The molecule has 0 N–H and O–H groups in total. The standard InChI is InChI=1S/C17H13ClF3N5O/c18-13-5-1-3-11-9-22-25(15(11)13)7-8-27-10-12-4-2-6-14-23-16(17(19,20)21)24-26(12)14/h1-6,9H,7-8,10H2. The zero-order valence-electron chi connectivity index (χ0n) is 13.8. The molecule has 0 atom stereocenters. The van der Waals surface area contributed by atoms with Crippen LogP contribution in [0, 0.1) is 0 Å². The molecule has 6 nitrogen and oxygen atoms in total. The van der Waals surface area contributed by atoms with E-state index < -0.39 is 12.0 Å². The summed E-state index contributed by atoms with van der Waals surface area (Å²) in [5, 5.41) is 9.33. The fraction of sp³-hybridized carbons (Fsp3) is 0.235. The fourth-order valence-electron chi connectivity index (χ4n) is 2.78. The lowest BCUT2D eigenvalue weighted by Crippen LogP contribution is -2.10. The SMILES string of the molecule is FC(F)(F)c1nc2cccc(COCCn3ncc4cccc(Cl)c43)n2n1. The highest BCUT2D eigenvalue weighted by Crippen LogP contribution is 2.27. The van der Waals surface area contributed by atoms with E-state index in [2.05, 4.69) is 15.2 Å². The smallest absolute Gasteiger partial charge is 0.373 e. The van der Waals surface area contributed by atoms with Crippen LogP contribution in [-0.4, -0.2) is 31.0 Å². The minimum absolute atomic E-state index is 0.0882. The largest absolute Gasteiger partial charge is 0.453 e. The molecule has 0 spiro atoms. The van der Waals surface area contributed by atoms with Crippen LogP contribution in [0.4, 0.5) is 13.2 Å². The van der Waals surface area contributed by atoms with Crippen LogP contribution in [0.15, 0.2) is 42.6 Å². The number of hydrogen-bond donors (Lipinski definition) is 0. The number of pyridine rings is 1. The number of aromatic nitrogens is 5. The maximum atomic E-state index is 12.8. The molecule has 0 fully saturated rings. The molecule has 4 rings (SSSR count). The molecule has 0 unspecified atom stereocenters. The first-order chi connectivity index (χ1) is 12.9. The van der Waals surface area contributed by atoms with Crippen molar-refractivity contribution in [3.05, 3.63) is 59.1 Å². The van der Waals surface area contributed by atoms with Gasteiger partial charge in [0.2, 0.25) is 0 Å². The van der Waals surface area contributed by atoms with E-state index in [0.717, 1.165) is 15.4 Å². The molecule has 0 aliphatic carbocycles. The van der Waals surface area contributed by atoms with Crippen molar-refractivity contribution in [1.82, 2.24) is 24.4 Å². The zero-order valence-corrected chi connectivity index (χ0v) is 14.6. The van der Waals surface area contributed by atoms with E-state index in [1.807, 2.05) is 12.1 Å². The average Bonchev–Trinajstić information content (AvgIpc) is 3.24. The van der Waals surface area contributed by atoms with E-state index in [1.54, 1.807) is 29.1 Å². The highest BCUT2D eigenvalue weighted by atomic mass is 35.5. The third-order valence-electron chi connectivity index (χ3n) is 4.00. The summed E-state index contributed by atoms with van der Waals surface area (Å²) in [5.41, 5.74) is 1.41. The Bertz CT molecular complexity index is 1110. The van der Waals surface area contributed by atoms with Crippen LogP contribution in [0.2, 0.25) is 5.02 Å². The van der Waals surface area contributed by atoms with Gasteiger partial charge < -0.3 is 4.74 Å². The van der Waals surface area contributed by atoms with Crippen molar-refractivity contribution in [2.75, 3.05) is 6.61 Å². The van der Waals surface area contributed by atoms with Gasteiger partial charge in [-0.3, -0.25) is 4.68 Å². The van der Waals surface area contributed by atoms with Crippen molar-refractivity contribution < 1.29 is 17.9 Å². The summed E-state index contributed by atoms with van der Waals surface area (Å²) in [6, 6.07) is 10.3. The topological polar surface area (TPSA) is 57.2 Å². The Balaban J connectivity index is 1.45. The molecule has 0 saturated heterocycles. The number of ether oxygens (including phenoxy) is 1. The predicted octanol–water partition coefficient (Wildman–Crippen LogP) is 3.97. The van der Waals surface area contributed by atoms with Crippen molar-refractivity contribution in [1.29, 1.82) is 0 Å². The Labute approximate surface area is 156 Å². The first kappa shape index (κ1) is 17.7. The molecule has 0 aliphatic rings. The van der Waals surface area contributed by atoms with Gasteiger partial charge in [-0.2, -0.15) is 18.3 Å². The van der Waals surface area contributed by atoms with Crippen LogP contribution in [0.25, 0.3) is 16.6 Å². The summed E-state index contributed by atoms with van der Waals surface area (Å²) in [5.74, 6) is -1.17. The number of nitrogens with zero attached hydrogens (tertiary/aromatic N) is 5. The molecule has 0 aliphatic heterocycles. The van der Waals surface area contributed by atoms with Gasteiger partial charge in [-0.1, -0.05) is 29.8 Å². The summed E-state index contributed by atoms with van der Waals surface area (Å²) in [6.07, 6.45) is -2.87. The molecule has 0 bridgehead atoms. The van der Waals surface area contributed by atoms with E-state index in [-0.39, 0.29) is 12.3 Å². The molecule has 3 aromatic heterocycles. The second-order valence-corrected chi connectivity index (χ2v) is 6.23. The maximum absolute atomic E-state index is 12.8. The van der Waals surface area contributed by atoms with Gasteiger partial charge in [0.1, 0.15) is 0 Å². The fourth-order valence-corrected chi connectivity index (χ4v) is 3.06. The molecule has 4 aromatic rings. The highest BCUT2D eigenvalue weighted by molar-refractivity contribution is 6.35. The zero-order chi connectivity index (χ0) is 19.0. The molecular formula is C17H13ClF3N5O. The van der Waals surface area contributed by atoms with Crippen molar-refractivity contribution in [2.24, 2.45) is 0 Å². The van der Waals surface area contributed by atoms with Gasteiger partial charge in [0.25, 0.3) is 5.82 Å². The molecule has 1 aromatic carbocycles. The molecular weight excluding hydrogens is 383 g/mol. The van der Waals surface area contributed by atoms with Crippen molar-refractivity contribution in [2.45, 2.75) is 19.3 Å². The highest BCUT2D eigenvalue weighted by Gasteiger charge is 2.36. The Hall–Kier alpha value is -2.65. The van der Waals surface area contributed by atoms with E-state index in [1.165, 1.54) is 6.07 Å². The molecule has 27 heavy (non-hydrogen) atoms. The number of hydrogen-bond acceptors (Lipinski definition) is 4. The minimum Gasteiger partial charge on any atom is -0.373 e. The number of fused-ring (bicyclic) bond motifs is 2. The number of rotatable bonds is 5. The Morgan fingerprint density at radius 2 is 1.93 bits per heavy atom. The Morgan fingerprint density at radius 3 is 2.74 bits per heavy atom. The van der Waals surface area contributed by atoms with Crippen LogP contribution in [-0.2, 0) is 24.1 Å². The van der Waals surface area contributed by atoms with Gasteiger partial charge in [0, 0.05) is 5.39 Å². The Morgan fingerprint density at radius 1 is 1.11 bits per heavy atom. The Kier molecular flexibility index (Phi) is 4.48. The number of benzene rings is 1. The summed E-state index contributed by atoms with van der Waals surface area (Å²) in [4.78, 5) is 3.50. The minimum atomic E-state index is -4.59. The molecule has 0 radical (unpaired) electrons. The number of para-hydroxylation sites is 1. The molecule has 140 valence electrons. The predicted molar refractivity (Wildman–Crippen MR) is 92.4 cm³/mol. The van der Waals surface area contributed by atoms with E-state index in [0.29, 0.717) is 23.9 Å². The molecule has 0 amide bonds. The number of alkyl halides is 3. The van der Waals surface area contributed by atoms with Crippen molar-refractivity contribution in [3.8, 4) is 0 Å². The quantitative estimate of drug-likeness (QED) is 0.480. The van der Waals surface area contributed by atoms with Crippen molar-refractivity contribution in [3.63, 3.8) is 0 Å². The van der Waals surface area contributed by atoms with Gasteiger partial charge in [-0.05, 0) is 18.2 Å². The molecule has 3 heterocycles. The van der Waals surface area contributed by atoms with Gasteiger partial charge in [-0.25, -0.2) is 9.50 Å². The lowest BCUT2D eigenvalue weighted by molar-refractivity contribution is -0.144. The van der Waals surface area contributed by atoms with Gasteiger partial charge in [-0.15, -0.1) is 5.10 Å². The summed E-state index contributed by atoms with van der Waals surface area (Å²) in [6.45, 7) is 0.846. The van der Waals surface area contributed by atoms with Crippen LogP contribution in [0.3, 0.4) is 0 Å². The second-order valence-electron chi connectivity index (χ2n) is 5.82. The van der Waals surface area contributed by atoms with Gasteiger partial charge >= 0.3 is 6.18 Å². The summed E-state index contributed by atoms with van der Waals surface area (Å²) in [7, 11) is 0. The van der Waals surface area contributed by atoms with E-state index in [4.69, 9.17) is 16.3 Å². The second kappa shape index (κ2) is 6.82. The van der Waals surface area contributed by atoms with Crippen molar-refractivity contribution >= 4 is 28.2 Å². The number of halogens is 4. The monoisotopic (exact) mass is 395 g/mol. The average molecular weight is 396 g/mol. The van der Waals surface area contributed by atoms with Crippen LogP contribution < -0.4 is 0 Å². The lowest BCUT2D eigenvalue weighted by atomic mass is 10.2. The first-order valence-electron chi connectivity index (χ1n) is 8.03. The van der Waals surface area contributed by atoms with E-state index in [9.17, 15) is 13.2 Å². The maximum Gasteiger partial charge on any atom is 0.453 e. The first-order valence-corrected chi connectivity index (χ1v) is 8.41. The third-order valence-corrected chi connectivity index (χ3v) is 4.31. The summed E-state index contributed by atoms with van der Waals surface area (Å²) < 4.78 is 46.9. The summed E-state index contributed by atoms with van der Waals surface area (Å²) >= 11 is 6.20. The van der Waals surface area contributed by atoms with E-state index >= 15 is 0 Å². The molecule has 10 heteroatoms. The van der Waals surface area contributed by atoms with Gasteiger partial charge in [0.05, 0.1) is 42.2 Å². The van der Waals surface area contributed by atoms with Crippen LogP contribution in [0.1, 0.15) is 11.5 Å². The van der Waals surface area contributed by atoms with Crippen LogP contribution >= 0.6 is 11.6 Å². The molecule has 0 saturated carbocycles. The normalized spacial score (nSPS) is 12.3. The van der Waals surface area contributed by atoms with Crippen LogP contribution in [0.5, 0.6) is 0 Å². The third kappa shape index (κ3) is 3.47. The van der Waals surface area contributed by atoms with Gasteiger partial charge in [0.15, 0.2) is 5.65 Å². The lowest BCUT2D eigenvalue weighted by Gasteiger charge is -2.07.